The molecule has 190 valence electrons. The molecule has 2 atom stereocenters. The van der Waals surface area contributed by atoms with Crippen LogP contribution in [0, 0.1) is 5.92 Å². The van der Waals surface area contributed by atoms with E-state index in [9.17, 15) is 19.5 Å². The van der Waals surface area contributed by atoms with Gasteiger partial charge in [-0.3, -0.25) is 9.59 Å². The minimum Gasteiger partial charge on any atom is -0.481 e. The number of hydrogen-bond donors (Lipinski definition) is 3. The van der Waals surface area contributed by atoms with Gasteiger partial charge in [0.05, 0.1) is 25.0 Å². The third-order valence-electron chi connectivity index (χ3n) is 5.76. The zero-order valence-electron chi connectivity index (χ0n) is 19.6. The first-order chi connectivity index (χ1) is 17.4. The fourth-order valence-electron chi connectivity index (χ4n) is 3.79. The Bertz CT molecular complexity index is 1150. The fraction of sp³-hybridized carbons (Fsp3) is 0.320. The Balaban J connectivity index is 1.34. The van der Waals surface area contributed by atoms with Crippen molar-refractivity contribution in [3.8, 4) is 11.5 Å². The number of rotatable bonds is 11. The third kappa shape index (κ3) is 6.55. The Kier molecular flexibility index (Phi) is 8.44. The molecule has 3 amide bonds. The number of fused-ring (bicyclic) bond motifs is 1. The van der Waals surface area contributed by atoms with E-state index < -0.39 is 24.0 Å². The van der Waals surface area contributed by atoms with Gasteiger partial charge in [-0.2, -0.15) is 0 Å². The number of ether oxygens (including phenoxy) is 2. The van der Waals surface area contributed by atoms with Crippen LogP contribution in [0.4, 0.5) is 4.79 Å². The molecule has 0 bridgehead atoms. The van der Waals surface area contributed by atoms with Crippen LogP contribution in [0.5, 0.6) is 11.5 Å². The number of thiophene rings is 2. The zero-order chi connectivity index (χ0) is 25.5. The number of carboxylic acid groups (broad SMARTS) is 1. The van der Waals surface area contributed by atoms with Gasteiger partial charge in [-0.25, -0.2) is 4.79 Å². The Morgan fingerprint density at radius 2 is 1.69 bits per heavy atom. The molecule has 3 aromatic rings. The monoisotopic (exact) mass is 529 g/mol. The first-order valence-electron chi connectivity index (χ1n) is 11.4. The second kappa shape index (κ2) is 11.9. The highest BCUT2D eigenvalue weighted by Gasteiger charge is 2.28. The molecule has 0 fully saturated rings. The number of hydrogen-bond acceptors (Lipinski definition) is 7. The fourth-order valence-corrected chi connectivity index (χ4v) is 5.23. The van der Waals surface area contributed by atoms with Gasteiger partial charge in [-0.05, 0) is 47.5 Å². The van der Waals surface area contributed by atoms with Gasteiger partial charge >= 0.3 is 12.0 Å². The maximum absolute atomic E-state index is 13.0. The highest BCUT2D eigenvalue weighted by molar-refractivity contribution is 7.10. The molecule has 0 aliphatic carbocycles. The topological polar surface area (TPSA) is 117 Å². The predicted molar refractivity (Wildman–Crippen MR) is 136 cm³/mol. The number of nitrogens with zero attached hydrogens (tertiary/aromatic N) is 1. The van der Waals surface area contributed by atoms with Gasteiger partial charge < -0.3 is 30.1 Å². The van der Waals surface area contributed by atoms with Gasteiger partial charge in [-0.15, -0.1) is 22.7 Å². The van der Waals surface area contributed by atoms with E-state index in [1.807, 2.05) is 35.0 Å². The molecule has 3 heterocycles. The standard InChI is InChI=1S/C25H27N3O6S2/c1-16(24(30)31)23(17-6-7-20-21(12-17)34-15-33-20)27-25(32)26-9-8-22(29)28(13-18-4-2-10-35-18)14-19-5-3-11-36-19/h2-7,10-12,16,23H,8-9,13-15H2,1H3,(H,30,31)(H2,26,27,32)/t16?,23-/m0/s1. The second-order valence-corrected chi connectivity index (χ2v) is 10.3. The van der Waals surface area contributed by atoms with Gasteiger partial charge in [0.2, 0.25) is 12.7 Å². The highest BCUT2D eigenvalue weighted by atomic mass is 32.1. The van der Waals surface area contributed by atoms with Crippen LogP contribution in [0.25, 0.3) is 0 Å². The van der Waals surface area contributed by atoms with E-state index in [1.54, 1.807) is 45.8 Å². The van der Waals surface area contributed by atoms with Crippen LogP contribution in [-0.4, -0.2) is 41.3 Å². The summed E-state index contributed by atoms with van der Waals surface area (Å²) in [7, 11) is 0. The lowest BCUT2D eigenvalue weighted by Crippen LogP contribution is -2.43. The van der Waals surface area contributed by atoms with Crippen LogP contribution >= 0.6 is 22.7 Å². The number of amides is 3. The summed E-state index contributed by atoms with van der Waals surface area (Å²) in [4.78, 5) is 41.3. The molecule has 9 nitrogen and oxygen atoms in total. The number of carbonyl (C=O) groups is 3. The summed E-state index contributed by atoms with van der Waals surface area (Å²) in [5.41, 5.74) is 0.582. The molecule has 4 rings (SSSR count). The van der Waals surface area contributed by atoms with Crippen LogP contribution in [0.2, 0.25) is 0 Å². The third-order valence-corrected chi connectivity index (χ3v) is 7.48. The second-order valence-electron chi connectivity index (χ2n) is 8.28. The van der Waals surface area contributed by atoms with E-state index in [0.29, 0.717) is 30.2 Å². The Morgan fingerprint density at radius 3 is 2.31 bits per heavy atom. The van der Waals surface area contributed by atoms with E-state index in [2.05, 4.69) is 10.6 Å². The van der Waals surface area contributed by atoms with Crippen molar-refractivity contribution >= 4 is 40.6 Å². The molecule has 0 saturated heterocycles. The number of carboxylic acids is 1. The maximum atomic E-state index is 13.0. The van der Waals surface area contributed by atoms with Crippen molar-refractivity contribution < 1.29 is 29.0 Å². The number of urea groups is 1. The minimum atomic E-state index is -1.05. The number of aliphatic carboxylic acids is 1. The zero-order valence-corrected chi connectivity index (χ0v) is 21.3. The highest BCUT2D eigenvalue weighted by Crippen LogP contribution is 2.35. The molecular weight excluding hydrogens is 502 g/mol. The van der Waals surface area contributed by atoms with Gasteiger partial charge in [0, 0.05) is 22.7 Å². The van der Waals surface area contributed by atoms with Gasteiger partial charge in [0.15, 0.2) is 11.5 Å². The molecule has 1 aromatic carbocycles. The molecule has 0 spiro atoms. The van der Waals surface area contributed by atoms with Crippen LogP contribution < -0.4 is 20.1 Å². The van der Waals surface area contributed by atoms with E-state index in [4.69, 9.17) is 9.47 Å². The average Bonchev–Trinajstić information content (AvgIpc) is 3.64. The van der Waals surface area contributed by atoms with Gasteiger partial charge in [0.1, 0.15) is 0 Å². The number of nitrogens with one attached hydrogen (secondary N) is 2. The maximum Gasteiger partial charge on any atom is 0.315 e. The molecule has 2 aromatic heterocycles. The summed E-state index contributed by atoms with van der Waals surface area (Å²) < 4.78 is 10.7. The molecule has 1 unspecified atom stereocenters. The Labute approximate surface area is 216 Å². The molecule has 1 aliphatic heterocycles. The first-order valence-corrected chi connectivity index (χ1v) is 13.2. The minimum absolute atomic E-state index is 0.0803. The molecule has 11 heteroatoms. The smallest absolute Gasteiger partial charge is 0.315 e. The normalized spacial score (nSPS) is 13.6. The summed E-state index contributed by atoms with van der Waals surface area (Å²) in [5.74, 6) is -0.961. The molecule has 0 radical (unpaired) electrons. The lowest BCUT2D eigenvalue weighted by atomic mass is 9.94. The Morgan fingerprint density at radius 1 is 1.03 bits per heavy atom. The van der Waals surface area contributed by atoms with Gasteiger partial charge in [-0.1, -0.05) is 18.2 Å². The van der Waals surface area contributed by atoms with Crippen molar-refractivity contribution in [1.29, 1.82) is 0 Å². The summed E-state index contributed by atoms with van der Waals surface area (Å²) in [6, 6.07) is 11.6. The SMILES string of the molecule is CC(C(=O)O)[C@H](NC(=O)NCCC(=O)N(Cc1cccs1)Cc1cccs1)c1ccc2c(c1)OCO2. The molecule has 0 saturated carbocycles. The van der Waals surface area contributed by atoms with E-state index >= 15 is 0 Å². The van der Waals surface area contributed by atoms with Crippen molar-refractivity contribution in [2.24, 2.45) is 5.92 Å². The summed E-state index contributed by atoms with van der Waals surface area (Å²) >= 11 is 3.18. The van der Waals surface area contributed by atoms with Crippen LogP contribution in [0.3, 0.4) is 0 Å². The summed E-state index contributed by atoms with van der Waals surface area (Å²) in [5, 5.41) is 18.9. The largest absolute Gasteiger partial charge is 0.481 e. The molecule has 1 aliphatic rings. The van der Waals surface area contributed by atoms with Crippen molar-refractivity contribution in [3.05, 3.63) is 68.5 Å². The lowest BCUT2D eigenvalue weighted by molar-refractivity contribution is -0.142. The Hall–Kier alpha value is -3.57. The van der Waals surface area contributed by atoms with Crippen LogP contribution in [0.15, 0.2) is 53.2 Å². The summed E-state index contributed by atoms with van der Waals surface area (Å²) in [6.45, 7) is 2.74. The van der Waals surface area contributed by atoms with E-state index in [0.717, 1.165) is 9.75 Å². The van der Waals surface area contributed by atoms with Crippen molar-refractivity contribution in [1.82, 2.24) is 15.5 Å². The van der Waals surface area contributed by atoms with E-state index in [1.165, 1.54) is 6.92 Å². The van der Waals surface area contributed by atoms with E-state index in [-0.39, 0.29) is 25.7 Å². The quantitative estimate of drug-likeness (QED) is 0.342. The average molecular weight is 530 g/mol. The number of benzene rings is 1. The molecule has 3 N–H and O–H groups in total. The lowest BCUT2D eigenvalue weighted by Gasteiger charge is -2.24. The van der Waals surface area contributed by atoms with Gasteiger partial charge in [0.25, 0.3) is 0 Å². The summed E-state index contributed by atoms with van der Waals surface area (Å²) in [6.07, 6.45) is 0.118. The first kappa shape index (κ1) is 25.5. The van der Waals surface area contributed by atoms with Crippen LogP contribution in [-0.2, 0) is 22.7 Å². The molecule has 36 heavy (non-hydrogen) atoms. The van der Waals surface area contributed by atoms with Crippen LogP contribution in [0.1, 0.15) is 34.7 Å². The molecular formula is C25H27N3O6S2. The van der Waals surface area contributed by atoms with Crippen molar-refractivity contribution in [2.45, 2.75) is 32.5 Å². The predicted octanol–water partition coefficient (Wildman–Crippen LogP) is 4.22. The van der Waals surface area contributed by atoms with Crippen molar-refractivity contribution in [3.63, 3.8) is 0 Å². The number of carbonyl (C=O) groups excluding carboxylic acids is 2. The van der Waals surface area contributed by atoms with Crippen molar-refractivity contribution in [2.75, 3.05) is 13.3 Å².